The van der Waals surface area contributed by atoms with Gasteiger partial charge < -0.3 is 0 Å². The lowest BCUT2D eigenvalue weighted by atomic mass is 10.2. The zero-order valence-electron chi connectivity index (χ0n) is 12.3. The van der Waals surface area contributed by atoms with Crippen molar-refractivity contribution < 1.29 is 0 Å². The number of nitrogens with zero attached hydrogens (tertiary/aromatic N) is 5. The van der Waals surface area contributed by atoms with Crippen molar-refractivity contribution in [1.82, 2.24) is 24.6 Å². The number of rotatable bonds is 4. The lowest BCUT2D eigenvalue weighted by Crippen LogP contribution is -2.18. The first kappa shape index (κ1) is 13.7. The molecule has 0 aliphatic heterocycles. The molecule has 0 aliphatic carbocycles. The highest BCUT2D eigenvalue weighted by Crippen LogP contribution is 2.15. The van der Waals surface area contributed by atoms with E-state index in [4.69, 9.17) is 0 Å². The SMILES string of the molecule is Cc1ncc(CN(C)Cc2c(C)nn(C)c2C)cn1. The number of aromatic nitrogens is 4. The van der Waals surface area contributed by atoms with Crippen LogP contribution in [0, 0.1) is 20.8 Å². The van der Waals surface area contributed by atoms with Crippen LogP contribution in [0.1, 0.15) is 28.3 Å². The van der Waals surface area contributed by atoms with E-state index in [1.165, 1.54) is 11.3 Å². The van der Waals surface area contributed by atoms with Gasteiger partial charge in [-0.05, 0) is 27.8 Å². The Bertz CT molecular complexity index is 556. The van der Waals surface area contributed by atoms with Crippen LogP contribution in [0.15, 0.2) is 12.4 Å². The maximum atomic E-state index is 4.45. The molecule has 0 aliphatic rings. The predicted molar refractivity (Wildman–Crippen MR) is 74.6 cm³/mol. The first-order valence-corrected chi connectivity index (χ1v) is 6.42. The zero-order chi connectivity index (χ0) is 14.0. The van der Waals surface area contributed by atoms with Crippen LogP contribution in [0.3, 0.4) is 0 Å². The van der Waals surface area contributed by atoms with Crippen molar-refractivity contribution in [2.45, 2.75) is 33.9 Å². The summed E-state index contributed by atoms with van der Waals surface area (Å²) in [5.74, 6) is 0.811. The first-order chi connectivity index (χ1) is 8.97. The Kier molecular flexibility index (Phi) is 3.95. The standard InChI is InChI=1S/C14H21N5/c1-10-14(11(2)19(5)17-10)9-18(4)8-13-6-15-12(3)16-7-13/h6-7H,8-9H2,1-5H3. The monoisotopic (exact) mass is 259 g/mol. The third-order valence-electron chi connectivity index (χ3n) is 3.37. The largest absolute Gasteiger partial charge is 0.298 e. The summed E-state index contributed by atoms with van der Waals surface area (Å²) in [6.07, 6.45) is 3.78. The van der Waals surface area contributed by atoms with Gasteiger partial charge >= 0.3 is 0 Å². The fourth-order valence-corrected chi connectivity index (χ4v) is 2.18. The van der Waals surface area contributed by atoms with Gasteiger partial charge in [0.2, 0.25) is 0 Å². The Morgan fingerprint density at radius 1 is 1.11 bits per heavy atom. The quantitative estimate of drug-likeness (QED) is 0.839. The molecule has 19 heavy (non-hydrogen) atoms. The van der Waals surface area contributed by atoms with Gasteiger partial charge in [-0.1, -0.05) is 0 Å². The van der Waals surface area contributed by atoms with Gasteiger partial charge in [0.1, 0.15) is 5.82 Å². The lowest BCUT2D eigenvalue weighted by Gasteiger charge is -2.16. The molecule has 0 saturated heterocycles. The van der Waals surface area contributed by atoms with Crippen molar-refractivity contribution in [3.63, 3.8) is 0 Å². The highest BCUT2D eigenvalue weighted by Gasteiger charge is 2.11. The summed E-state index contributed by atoms with van der Waals surface area (Å²) >= 11 is 0. The Morgan fingerprint density at radius 3 is 2.26 bits per heavy atom. The molecule has 0 unspecified atom stereocenters. The number of hydrogen-bond donors (Lipinski definition) is 0. The average Bonchev–Trinajstić information content (AvgIpc) is 2.59. The van der Waals surface area contributed by atoms with Crippen molar-refractivity contribution in [2.24, 2.45) is 7.05 Å². The van der Waals surface area contributed by atoms with Gasteiger partial charge in [0, 0.05) is 49.4 Å². The van der Waals surface area contributed by atoms with E-state index < -0.39 is 0 Å². The highest BCUT2D eigenvalue weighted by molar-refractivity contribution is 5.24. The van der Waals surface area contributed by atoms with Crippen LogP contribution >= 0.6 is 0 Å². The third kappa shape index (κ3) is 3.17. The van der Waals surface area contributed by atoms with Crippen molar-refractivity contribution in [3.05, 3.63) is 40.7 Å². The first-order valence-electron chi connectivity index (χ1n) is 6.42. The van der Waals surface area contributed by atoms with Crippen molar-refractivity contribution in [3.8, 4) is 0 Å². The highest BCUT2D eigenvalue weighted by atomic mass is 15.3. The summed E-state index contributed by atoms with van der Waals surface area (Å²) in [5, 5.41) is 4.45. The molecule has 0 radical (unpaired) electrons. The summed E-state index contributed by atoms with van der Waals surface area (Å²) in [6.45, 7) is 7.80. The predicted octanol–water partition coefficient (Wildman–Crippen LogP) is 1.77. The van der Waals surface area contributed by atoms with Crippen LogP contribution in [0.25, 0.3) is 0 Å². The molecule has 0 aromatic carbocycles. The summed E-state index contributed by atoms with van der Waals surface area (Å²) < 4.78 is 1.94. The van der Waals surface area contributed by atoms with E-state index in [0.29, 0.717) is 0 Å². The molecule has 0 spiro atoms. The van der Waals surface area contributed by atoms with Crippen molar-refractivity contribution in [2.75, 3.05) is 7.05 Å². The van der Waals surface area contributed by atoms with Gasteiger partial charge in [-0.15, -0.1) is 0 Å². The minimum Gasteiger partial charge on any atom is -0.298 e. The van der Waals surface area contributed by atoms with E-state index in [2.05, 4.69) is 40.9 Å². The molecule has 0 fully saturated rings. The maximum absolute atomic E-state index is 4.45. The fourth-order valence-electron chi connectivity index (χ4n) is 2.18. The molecular formula is C14H21N5. The van der Waals surface area contributed by atoms with Gasteiger partial charge in [-0.3, -0.25) is 9.58 Å². The second-order valence-electron chi connectivity index (χ2n) is 5.08. The van der Waals surface area contributed by atoms with Crippen LogP contribution in [0.4, 0.5) is 0 Å². The van der Waals surface area contributed by atoms with Gasteiger partial charge in [-0.25, -0.2) is 9.97 Å². The second kappa shape index (κ2) is 5.48. The Hall–Kier alpha value is -1.75. The molecule has 0 bridgehead atoms. The topological polar surface area (TPSA) is 46.8 Å². The molecule has 2 rings (SSSR count). The van der Waals surface area contributed by atoms with Gasteiger partial charge in [-0.2, -0.15) is 5.10 Å². The zero-order valence-corrected chi connectivity index (χ0v) is 12.3. The average molecular weight is 259 g/mol. The third-order valence-corrected chi connectivity index (χ3v) is 3.37. The van der Waals surface area contributed by atoms with Crippen molar-refractivity contribution in [1.29, 1.82) is 0 Å². The van der Waals surface area contributed by atoms with E-state index in [1.54, 1.807) is 0 Å². The molecule has 102 valence electrons. The van der Waals surface area contributed by atoms with E-state index in [-0.39, 0.29) is 0 Å². The summed E-state index contributed by atoms with van der Waals surface area (Å²) in [5.41, 5.74) is 4.77. The molecule has 0 N–H and O–H groups in total. The van der Waals surface area contributed by atoms with Crippen LogP contribution in [-0.4, -0.2) is 31.7 Å². The smallest absolute Gasteiger partial charge is 0.125 e. The normalized spacial score (nSPS) is 11.3. The van der Waals surface area contributed by atoms with Crippen LogP contribution in [0.2, 0.25) is 0 Å². The van der Waals surface area contributed by atoms with E-state index in [1.807, 2.05) is 31.0 Å². The molecule has 0 atom stereocenters. The molecule has 0 saturated carbocycles. The van der Waals surface area contributed by atoms with Crippen LogP contribution in [0.5, 0.6) is 0 Å². The summed E-state index contributed by atoms with van der Waals surface area (Å²) in [6, 6.07) is 0. The molecule has 2 aromatic heterocycles. The Balaban J connectivity index is 2.05. The van der Waals surface area contributed by atoms with E-state index in [9.17, 15) is 0 Å². The Labute approximate surface area is 114 Å². The second-order valence-corrected chi connectivity index (χ2v) is 5.08. The van der Waals surface area contributed by atoms with E-state index in [0.717, 1.165) is 30.2 Å². The molecule has 2 heterocycles. The summed E-state index contributed by atoms with van der Waals surface area (Å²) in [4.78, 5) is 10.7. The molecule has 0 amide bonds. The molecule has 2 aromatic rings. The molecular weight excluding hydrogens is 238 g/mol. The van der Waals surface area contributed by atoms with Crippen molar-refractivity contribution >= 4 is 0 Å². The summed E-state index contributed by atoms with van der Waals surface area (Å²) in [7, 11) is 4.09. The van der Waals surface area contributed by atoms with E-state index >= 15 is 0 Å². The minimum atomic E-state index is 0.811. The van der Waals surface area contributed by atoms with Gasteiger partial charge in [0.25, 0.3) is 0 Å². The van der Waals surface area contributed by atoms with Gasteiger partial charge in [0.05, 0.1) is 5.69 Å². The lowest BCUT2D eigenvalue weighted by molar-refractivity contribution is 0.316. The minimum absolute atomic E-state index is 0.811. The number of hydrogen-bond acceptors (Lipinski definition) is 4. The maximum Gasteiger partial charge on any atom is 0.125 e. The number of aryl methyl sites for hydroxylation is 3. The molecule has 5 heteroatoms. The van der Waals surface area contributed by atoms with Crippen LogP contribution < -0.4 is 0 Å². The van der Waals surface area contributed by atoms with Gasteiger partial charge in [0.15, 0.2) is 0 Å². The molecule has 5 nitrogen and oxygen atoms in total. The Morgan fingerprint density at radius 2 is 1.74 bits per heavy atom. The fraction of sp³-hybridized carbons (Fsp3) is 0.500. The van der Waals surface area contributed by atoms with Crippen LogP contribution in [-0.2, 0) is 20.1 Å².